The van der Waals surface area contributed by atoms with E-state index in [4.69, 9.17) is 4.74 Å². The van der Waals surface area contributed by atoms with Crippen LogP contribution >= 0.6 is 0 Å². The quantitative estimate of drug-likeness (QED) is 0.828. The fraction of sp³-hybridized carbons (Fsp3) is 0.625. The molecule has 0 saturated carbocycles. The van der Waals surface area contributed by atoms with Crippen LogP contribution in [-0.4, -0.2) is 54.5 Å². The predicted molar refractivity (Wildman–Crippen MR) is 85.1 cm³/mol. The lowest BCUT2D eigenvalue weighted by Gasteiger charge is -2.41. The Bertz CT molecular complexity index is 724. The van der Waals surface area contributed by atoms with Crippen LogP contribution in [0.25, 0.3) is 0 Å². The summed E-state index contributed by atoms with van der Waals surface area (Å²) in [7, 11) is 0. The van der Waals surface area contributed by atoms with Crippen molar-refractivity contribution in [3.63, 3.8) is 0 Å². The summed E-state index contributed by atoms with van der Waals surface area (Å²) in [6, 6.07) is 0.0772. The van der Waals surface area contributed by atoms with Crippen molar-refractivity contribution in [3.05, 3.63) is 30.1 Å². The Morgan fingerprint density at radius 2 is 2.38 bits per heavy atom. The number of fused-ring (bicyclic) bond motifs is 3. The SMILES string of the molecule is CCc1nccn1CCC(=O)N1CC[C@H]2OCc3cnnn3[C@H]2C1. The van der Waals surface area contributed by atoms with Crippen molar-refractivity contribution in [1.82, 2.24) is 29.4 Å². The summed E-state index contributed by atoms with van der Waals surface area (Å²) in [5, 5.41) is 8.15. The third kappa shape index (κ3) is 2.71. The predicted octanol–water partition coefficient (Wildman–Crippen LogP) is 0.799. The number of nitrogens with zero attached hydrogens (tertiary/aromatic N) is 6. The number of imidazole rings is 1. The highest BCUT2D eigenvalue weighted by Gasteiger charge is 2.37. The van der Waals surface area contributed by atoms with Crippen LogP contribution in [0.15, 0.2) is 18.6 Å². The van der Waals surface area contributed by atoms with Gasteiger partial charge < -0.3 is 14.2 Å². The zero-order chi connectivity index (χ0) is 16.5. The minimum atomic E-state index is 0.0772. The number of piperidine rings is 1. The largest absolute Gasteiger partial charge is 0.370 e. The first-order chi connectivity index (χ1) is 11.8. The van der Waals surface area contributed by atoms with Gasteiger partial charge in [-0.15, -0.1) is 5.10 Å². The Kier molecular flexibility index (Phi) is 4.05. The molecule has 2 atom stereocenters. The van der Waals surface area contributed by atoms with Gasteiger partial charge in [0.15, 0.2) is 0 Å². The molecule has 8 heteroatoms. The molecule has 0 bridgehead atoms. The first-order valence-corrected chi connectivity index (χ1v) is 8.54. The molecule has 8 nitrogen and oxygen atoms in total. The Balaban J connectivity index is 1.40. The minimum absolute atomic E-state index is 0.0772. The Labute approximate surface area is 140 Å². The van der Waals surface area contributed by atoms with Crippen LogP contribution < -0.4 is 0 Å². The monoisotopic (exact) mass is 330 g/mol. The van der Waals surface area contributed by atoms with Crippen LogP contribution in [0.5, 0.6) is 0 Å². The molecule has 1 saturated heterocycles. The van der Waals surface area contributed by atoms with Gasteiger partial charge in [0.1, 0.15) is 5.82 Å². The number of hydrogen-bond donors (Lipinski definition) is 0. The number of aromatic nitrogens is 5. The number of rotatable bonds is 4. The fourth-order valence-corrected chi connectivity index (χ4v) is 3.64. The van der Waals surface area contributed by atoms with Crippen molar-refractivity contribution in [3.8, 4) is 0 Å². The fourth-order valence-electron chi connectivity index (χ4n) is 3.64. The van der Waals surface area contributed by atoms with Gasteiger partial charge in [-0.1, -0.05) is 12.1 Å². The molecular weight excluding hydrogens is 308 g/mol. The van der Waals surface area contributed by atoms with Crippen molar-refractivity contribution in [1.29, 1.82) is 0 Å². The summed E-state index contributed by atoms with van der Waals surface area (Å²) in [5.74, 6) is 1.20. The van der Waals surface area contributed by atoms with Gasteiger partial charge in [-0.05, 0) is 6.42 Å². The lowest BCUT2D eigenvalue weighted by Crippen LogP contribution is -2.50. The van der Waals surface area contributed by atoms with E-state index >= 15 is 0 Å². The van der Waals surface area contributed by atoms with E-state index in [1.165, 1.54) is 0 Å². The van der Waals surface area contributed by atoms with Gasteiger partial charge in [0.2, 0.25) is 5.91 Å². The highest BCUT2D eigenvalue weighted by Crippen LogP contribution is 2.30. The molecule has 1 amide bonds. The van der Waals surface area contributed by atoms with Crippen LogP contribution in [0.2, 0.25) is 0 Å². The first kappa shape index (κ1) is 15.3. The molecule has 0 radical (unpaired) electrons. The number of hydrogen-bond acceptors (Lipinski definition) is 5. The minimum Gasteiger partial charge on any atom is -0.370 e. The first-order valence-electron chi connectivity index (χ1n) is 8.54. The van der Waals surface area contributed by atoms with Crippen molar-refractivity contribution in [2.24, 2.45) is 0 Å². The number of aryl methyl sites for hydroxylation is 2. The van der Waals surface area contributed by atoms with Gasteiger partial charge >= 0.3 is 0 Å². The summed E-state index contributed by atoms with van der Waals surface area (Å²) in [4.78, 5) is 18.9. The number of carbonyl (C=O) groups excluding carboxylic acids is 1. The van der Waals surface area contributed by atoms with E-state index in [2.05, 4.69) is 26.8 Å². The topological polar surface area (TPSA) is 78.1 Å². The van der Waals surface area contributed by atoms with Gasteiger partial charge in [0, 0.05) is 44.9 Å². The van der Waals surface area contributed by atoms with Gasteiger partial charge in [-0.3, -0.25) is 4.79 Å². The molecule has 4 heterocycles. The van der Waals surface area contributed by atoms with Crippen LogP contribution in [-0.2, 0) is 29.1 Å². The van der Waals surface area contributed by atoms with Crippen molar-refractivity contribution in [2.75, 3.05) is 13.1 Å². The molecule has 0 spiro atoms. The van der Waals surface area contributed by atoms with Gasteiger partial charge in [0.25, 0.3) is 0 Å². The summed E-state index contributed by atoms with van der Waals surface area (Å²) < 4.78 is 9.88. The van der Waals surface area contributed by atoms with Crippen LogP contribution in [0.3, 0.4) is 0 Å². The van der Waals surface area contributed by atoms with E-state index in [1.807, 2.05) is 15.8 Å². The van der Waals surface area contributed by atoms with E-state index in [0.717, 1.165) is 30.9 Å². The molecule has 0 N–H and O–H groups in total. The maximum atomic E-state index is 12.6. The normalized spacial score (nSPS) is 23.0. The Morgan fingerprint density at radius 3 is 3.25 bits per heavy atom. The highest BCUT2D eigenvalue weighted by molar-refractivity contribution is 5.76. The molecule has 4 rings (SSSR count). The molecule has 128 valence electrons. The summed E-state index contributed by atoms with van der Waals surface area (Å²) in [6.07, 6.45) is 7.81. The van der Waals surface area contributed by atoms with Crippen LogP contribution in [0, 0.1) is 0 Å². The standard InChI is InChI=1S/C16H22N6O2/c1-2-15-17-5-8-20(15)7-4-16(23)21-6-3-14-13(10-21)22-12(11-24-14)9-18-19-22/h5,8-9,13-14H,2-4,6-7,10-11H2,1H3/t13-,14+/m0/s1. The average Bonchev–Trinajstić information content (AvgIpc) is 3.27. The molecule has 24 heavy (non-hydrogen) atoms. The van der Waals surface area contributed by atoms with E-state index in [-0.39, 0.29) is 18.1 Å². The van der Waals surface area contributed by atoms with Gasteiger partial charge in [-0.2, -0.15) is 0 Å². The third-order valence-electron chi connectivity index (χ3n) is 4.97. The second-order valence-electron chi connectivity index (χ2n) is 6.36. The molecule has 0 aromatic carbocycles. The number of amides is 1. The number of ether oxygens (including phenoxy) is 1. The van der Waals surface area contributed by atoms with Crippen LogP contribution in [0.4, 0.5) is 0 Å². The van der Waals surface area contributed by atoms with Crippen molar-refractivity contribution >= 4 is 5.91 Å². The second-order valence-corrected chi connectivity index (χ2v) is 6.36. The molecule has 1 fully saturated rings. The van der Waals surface area contributed by atoms with Crippen molar-refractivity contribution < 1.29 is 9.53 Å². The zero-order valence-electron chi connectivity index (χ0n) is 13.8. The van der Waals surface area contributed by atoms with E-state index in [1.54, 1.807) is 12.4 Å². The molecule has 0 unspecified atom stereocenters. The molecule has 2 aliphatic heterocycles. The molecule has 2 aliphatic rings. The highest BCUT2D eigenvalue weighted by atomic mass is 16.5. The molecular formula is C16H22N6O2. The van der Waals surface area contributed by atoms with Gasteiger partial charge in [-0.25, -0.2) is 9.67 Å². The van der Waals surface area contributed by atoms with E-state index in [0.29, 0.717) is 26.1 Å². The van der Waals surface area contributed by atoms with E-state index < -0.39 is 0 Å². The smallest absolute Gasteiger partial charge is 0.224 e. The van der Waals surface area contributed by atoms with Crippen molar-refractivity contribution in [2.45, 2.75) is 51.5 Å². The maximum Gasteiger partial charge on any atom is 0.224 e. The zero-order valence-corrected chi connectivity index (χ0v) is 13.8. The number of likely N-dealkylation sites (tertiary alicyclic amines) is 1. The summed E-state index contributed by atoms with van der Waals surface area (Å²) in [6.45, 7) is 4.70. The summed E-state index contributed by atoms with van der Waals surface area (Å²) in [5.41, 5.74) is 0.983. The molecule has 0 aliphatic carbocycles. The summed E-state index contributed by atoms with van der Waals surface area (Å²) >= 11 is 0. The lowest BCUT2D eigenvalue weighted by molar-refractivity contribution is -0.138. The Hall–Kier alpha value is -2.22. The number of carbonyl (C=O) groups is 1. The lowest BCUT2D eigenvalue weighted by atomic mass is 10.00. The Morgan fingerprint density at radius 1 is 1.46 bits per heavy atom. The van der Waals surface area contributed by atoms with Crippen LogP contribution in [0.1, 0.15) is 37.3 Å². The molecule has 2 aromatic heterocycles. The average molecular weight is 330 g/mol. The molecule has 2 aromatic rings. The van der Waals surface area contributed by atoms with Gasteiger partial charge in [0.05, 0.1) is 30.6 Å². The second kappa shape index (κ2) is 6.35. The maximum absolute atomic E-state index is 12.6. The van der Waals surface area contributed by atoms with E-state index in [9.17, 15) is 4.79 Å². The third-order valence-corrected chi connectivity index (χ3v) is 4.97.